The largest absolute Gasteiger partial charge is 0.490 e. The van der Waals surface area contributed by atoms with Crippen LogP contribution in [0.5, 0.6) is 11.8 Å². The van der Waals surface area contributed by atoms with Gasteiger partial charge in [-0.05, 0) is 113 Å². The molecule has 3 atom stereocenters. The molecule has 3 aliphatic heterocycles. The van der Waals surface area contributed by atoms with Crippen LogP contribution < -0.4 is 24.6 Å². The summed E-state index contributed by atoms with van der Waals surface area (Å²) in [6.45, 7) is 15.2. The summed E-state index contributed by atoms with van der Waals surface area (Å²) in [4.78, 5) is 58.4. The summed E-state index contributed by atoms with van der Waals surface area (Å²) in [7, 11) is 0. The zero-order valence-electron chi connectivity index (χ0n) is 43.3. The minimum Gasteiger partial charge on any atom is -0.490 e. The second-order valence-corrected chi connectivity index (χ2v) is 23.6. The van der Waals surface area contributed by atoms with Gasteiger partial charge in [0, 0.05) is 35.7 Å². The number of hydrogen-bond acceptors (Lipinski definition) is 15. The van der Waals surface area contributed by atoms with E-state index in [1.807, 2.05) is 11.0 Å². The van der Waals surface area contributed by atoms with Gasteiger partial charge in [-0.2, -0.15) is 33.3 Å². The number of pyridine rings is 1. The third kappa shape index (κ3) is 9.84. The van der Waals surface area contributed by atoms with Gasteiger partial charge in [0.05, 0.1) is 39.2 Å². The van der Waals surface area contributed by atoms with Crippen molar-refractivity contribution in [2.24, 2.45) is 5.41 Å². The molecule has 16 nitrogen and oxygen atoms in total. The molecule has 2 aromatic carbocycles. The molecule has 9 rings (SSSR count). The van der Waals surface area contributed by atoms with Gasteiger partial charge < -0.3 is 28.6 Å². The van der Waals surface area contributed by atoms with Crippen molar-refractivity contribution in [3.8, 4) is 29.0 Å². The third-order valence-corrected chi connectivity index (χ3v) is 14.7. The predicted octanol–water partition coefficient (Wildman–Crippen LogP) is 12.7. The second-order valence-electron chi connectivity index (χ2n) is 22.6. The molecule has 0 bridgehead atoms. The van der Waals surface area contributed by atoms with Crippen LogP contribution >= 0.6 is 11.3 Å². The van der Waals surface area contributed by atoms with E-state index in [4.69, 9.17) is 23.7 Å². The standard InChI is InChI=1S/C52H55F7N8O8S/c1-26(27-13-11-17-61-39(27)67(44(69)74-47(5,6)7)45(70)75-48(8,9)10)66-19-20-71-37-33-36(62-42(63-40(33)66)72-25-50-16-12-18-65(50)24-49(22-50)23-51(49,55)56)35(54)32(34(37)52(57,58)59)28-14-15-30(53)38-31(28)29(21-60)41(76-38)64-43(68)73-46(2,3)4/h11,13-15,17,26H,12,16,18-20,22-25H2,1-10H3,(H,64,68)/t26-,49+,50+/m1/s1. The molecule has 6 heterocycles. The monoisotopic (exact) mass is 1080 g/mol. The van der Waals surface area contributed by atoms with E-state index >= 15 is 22.0 Å². The first-order valence-corrected chi connectivity index (χ1v) is 25.3. The van der Waals surface area contributed by atoms with E-state index in [-0.39, 0.29) is 54.7 Å². The summed E-state index contributed by atoms with van der Waals surface area (Å²) in [5, 5.41) is 11.5. The molecule has 24 heteroatoms. The van der Waals surface area contributed by atoms with E-state index in [0.29, 0.717) is 35.6 Å². The lowest BCUT2D eigenvalue weighted by Crippen LogP contribution is -2.45. The molecule has 3 amide bonds. The average Bonchev–Trinajstić information content (AvgIpc) is 3.62. The molecular formula is C52H55F7N8O8S. The first-order chi connectivity index (χ1) is 35.3. The van der Waals surface area contributed by atoms with Gasteiger partial charge >= 0.3 is 30.5 Å². The molecule has 4 aliphatic rings. The Balaban J connectivity index is 1.27. The fourth-order valence-corrected chi connectivity index (χ4v) is 11.6. The maximum atomic E-state index is 18.3. The zero-order valence-corrected chi connectivity index (χ0v) is 44.1. The van der Waals surface area contributed by atoms with E-state index in [1.165, 1.54) is 23.2 Å². The quantitative estimate of drug-likeness (QED) is 0.114. The Morgan fingerprint density at radius 1 is 0.934 bits per heavy atom. The lowest BCUT2D eigenvalue weighted by molar-refractivity contribution is -0.138. The minimum absolute atomic E-state index is 0.0742. The summed E-state index contributed by atoms with van der Waals surface area (Å²) >= 11 is 0.519. The molecule has 1 N–H and O–H groups in total. The maximum absolute atomic E-state index is 18.3. The number of carbonyl (C=O) groups excluding carboxylic acids is 3. The number of benzene rings is 2. The SMILES string of the molecule is C[C@H](c1cccnc1N(C(=O)OC(C)(C)C)C(=O)OC(C)(C)C)N1CCOc2c(C(F)(F)F)c(-c3ccc(F)c4sc(NC(=O)OC(C)(C)C)c(C#N)c34)c(F)c3nc(OC[C@@]45CCCN4C[C@@]4(CC4(F)F)C5)nc1c23. The smallest absolute Gasteiger partial charge is 0.425 e. The lowest BCUT2D eigenvalue weighted by atomic mass is 9.89. The van der Waals surface area contributed by atoms with Gasteiger partial charge in [-0.25, -0.2) is 36.9 Å². The number of halogens is 7. The molecule has 0 radical (unpaired) electrons. The first kappa shape index (κ1) is 54.1. The number of amides is 3. The topological polar surface area (TPSA) is 182 Å². The summed E-state index contributed by atoms with van der Waals surface area (Å²) in [6.07, 6.45) is -6.68. The fourth-order valence-electron chi connectivity index (χ4n) is 10.5. The van der Waals surface area contributed by atoms with Crippen LogP contribution in [0.4, 0.5) is 61.8 Å². The van der Waals surface area contributed by atoms with Gasteiger partial charge in [-0.15, -0.1) is 11.3 Å². The van der Waals surface area contributed by atoms with Crippen molar-refractivity contribution in [2.45, 2.75) is 135 Å². The molecule has 3 aromatic heterocycles. The van der Waals surface area contributed by atoms with Crippen molar-refractivity contribution in [3.63, 3.8) is 0 Å². The number of alkyl halides is 5. The Labute approximate surface area is 436 Å². The maximum Gasteiger partial charge on any atom is 0.425 e. The van der Waals surface area contributed by atoms with Gasteiger partial charge in [0.2, 0.25) is 0 Å². The van der Waals surface area contributed by atoms with Crippen LogP contribution in [0.1, 0.15) is 118 Å². The number of anilines is 3. The van der Waals surface area contributed by atoms with Crippen LogP contribution in [0.2, 0.25) is 0 Å². The number of rotatable bonds is 8. The Morgan fingerprint density at radius 3 is 2.20 bits per heavy atom. The summed E-state index contributed by atoms with van der Waals surface area (Å²) in [5.74, 6) is -7.13. The Bertz CT molecular complexity index is 3230. The molecule has 2 saturated heterocycles. The second kappa shape index (κ2) is 18.5. The highest BCUT2D eigenvalue weighted by molar-refractivity contribution is 7.23. The highest BCUT2D eigenvalue weighted by atomic mass is 32.1. The van der Waals surface area contributed by atoms with Gasteiger partial charge in [0.15, 0.2) is 11.6 Å². The van der Waals surface area contributed by atoms with E-state index in [2.05, 4.69) is 20.3 Å². The number of hydrogen-bond donors (Lipinski definition) is 1. The number of fused-ring (bicyclic) bond motifs is 2. The predicted molar refractivity (Wildman–Crippen MR) is 266 cm³/mol. The molecule has 5 aromatic rings. The summed E-state index contributed by atoms with van der Waals surface area (Å²) < 4.78 is 141. The van der Waals surface area contributed by atoms with E-state index in [0.717, 1.165) is 12.1 Å². The van der Waals surface area contributed by atoms with Gasteiger partial charge in [-0.3, -0.25) is 10.2 Å². The highest BCUT2D eigenvalue weighted by Crippen LogP contribution is 2.69. The molecule has 76 heavy (non-hydrogen) atoms. The minimum atomic E-state index is -5.46. The van der Waals surface area contributed by atoms with Crippen molar-refractivity contribution < 1.29 is 68.8 Å². The van der Waals surface area contributed by atoms with Crippen LogP contribution in [0.25, 0.3) is 32.1 Å². The Morgan fingerprint density at radius 2 is 1.59 bits per heavy atom. The first-order valence-electron chi connectivity index (χ1n) is 24.4. The average molecular weight is 1090 g/mol. The number of nitriles is 1. The molecule has 1 spiro atoms. The van der Waals surface area contributed by atoms with Crippen molar-refractivity contribution in [1.29, 1.82) is 5.26 Å². The number of nitrogens with zero attached hydrogens (tertiary/aromatic N) is 7. The van der Waals surface area contributed by atoms with E-state index in [1.54, 1.807) is 69.2 Å². The fraction of sp³-hybridized carbons (Fsp3) is 0.519. The number of thiophene rings is 1. The molecule has 0 unspecified atom stereocenters. The van der Waals surface area contributed by atoms with Crippen LogP contribution in [-0.4, -0.2) is 99.2 Å². The molecular weight excluding hydrogens is 1030 g/mol. The molecule has 3 fully saturated rings. The van der Waals surface area contributed by atoms with Crippen molar-refractivity contribution in [1.82, 2.24) is 19.9 Å². The molecule has 406 valence electrons. The van der Waals surface area contributed by atoms with Crippen molar-refractivity contribution in [3.05, 3.63) is 58.8 Å². The highest BCUT2D eigenvalue weighted by Gasteiger charge is 2.77. The van der Waals surface area contributed by atoms with E-state index in [9.17, 15) is 28.4 Å². The number of imide groups is 1. The lowest BCUT2D eigenvalue weighted by Gasteiger charge is -2.33. The number of nitrogens with one attached hydrogen (secondary N) is 1. The number of aromatic nitrogens is 3. The van der Waals surface area contributed by atoms with E-state index < -0.39 is 137 Å². The Kier molecular flexibility index (Phi) is 13.1. The van der Waals surface area contributed by atoms with Crippen molar-refractivity contribution in [2.75, 3.05) is 48.0 Å². The van der Waals surface area contributed by atoms with Crippen LogP contribution in [0.3, 0.4) is 0 Å². The Hall–Kier alpha value is -6.74. The zero-order chi connectivity index (χ0) is 55.5. The van der Waals surface area contributed by atoms with Gasteiger partial charge in [0.1, 0.15) is 69.6 Å². The van der Waals surface area contributed by atoms with Crippen LogP contribution in [0, 0.1) is 28.4 Å². The molecule has 1 aliphatic carbocycles. The number of carbonyl (C=O) groups is 3. The number of ether oxygens (including phenoxy) is 5. The third-order valence-electron chi connectivity index (χ3n) is 13.6. The van der Waals surface area contributed by atoms with Crippen LogP contribution in [0.15, 0.2) is 30.5 Å². The normalized spacial score (nSPS) is 20.7. The summed E-state index contributed by atoms with van der Waals surface area (Å²) in [6, 6.07) is 4.81. The van der Waals surface area contributed by atoms with Crippen molar-refractivity contribution >= 4 is 67.2 Å². The van der Waals surface area contributed by atoms with Gasteiger partial charge in [-0.1, -0.05) is 12.1 Å². The van der Waals surface area contributed by atoms with Crippen LogP contribution in [-0.2, 0) is 20.4 Å². The molecule has 1 saturated carbocycles. The summed E-state index contributed by atoms with van der Waals surface area (Å²) in [5.41, 5.74) is -10.1. The van der Waals surface area contributed by atoms with Gasteiger partial charge in [0.25, 0.3) is 5.92 Å².